The Kier molecular flexibility index (Phi) is 2.97. The maximum atomic E-state index is 11.2. The lowest BCUT2D eigenvalue weighted by Crippen LogP contribution is -2.24. The van der Waals surface area contributed by atoms with E-state index in [4.69, 9.17) is 10.2 Å². The van der Waals surface area contributed by atoms with E-state index in [9.17, 15) is 4.79 Å². The molecule has 1 saturated carbocycles. The Labute approximate surface area is 111 Å². The van der Waals surface area contributed by atoms with Crippen LogP contribution < -0.4 is 16.8 Å². The molecule has 4 N–H and O–H groups in total. The molecule has 0 radical (unpaired) electrons. The second kappa shape index (κ2) is 4.64. The number of nitrogen functional groups attached to an aromatic ring is 1. The summed E-state index contributed by atoms with van der Waals surface area (Å²) in [6, 6.07) is 3.93. The number of benzene rings is 1. The monoisotopic (exact) mass is 261 g/mol. The van der Waals surface area contributed by atoms with E-state index >= 15 is 0 Å². The molecule has 1 fully saturated rings. The van der Waals surface area contributed by atoms with Crippen LogP contribution in [0, 0.1) is 5.92 Å². The summed E-state index contributed by atoms with van der Waals surface area (Å²) in [6.45, 7) is 2.19. The number of fused-ring (bicyclic) bond motifs is 1. The summed E-state index contributed by atoms with van der Waals surface area (Å²) >= 11 is 0. The SMILES string of the molecule is CC(Nc1cc2[nH]c(=O)oc2cc1N)C1CCCC1. The highest BCUT2D eigenvalue weighted by molar-refractivity contribution is 5.85. The molecule has 0 aliphatic heterocycles. The maximum absolute atomic E-state index is 11.2. The largest absolute Gasteiger partial charge is 0.417 e. The fourth-order valence-electron chi connectivity index (χ4n) is 2.96. The van der Waals surface area contributed by atoms with Crippen LogP contribution in [0.5, 0.6) is 0 Å². The standard InChI is InChI=1S/C14H19N3O2/c1-8(9-4-2-3-5-9)16-11-7-12-13(6-10(11)15)19-14(18)17-12/h6-9,16H,2-5,15H2,1H3,(H,17,18). The summed E-state index contributed by atoms with van der Waals surface area (Å²) in [4.78, 5) is 13.8. The van der Waals surface area contributed by atoms with Gasteiger partial charge in [-0.15, -0.1) is 0 Å². The van der Waals surface area contributed by atoms with Crippen LogP contribution in [0.2, 0.25) is 0 Å². The second-order valence-electron chi connectivity index (χ2n) is 5.43. The van der Waals surface area contributed by atoms with Gasteiger partial charge in [0.25, 0.3) is 0 Å². The molecule has 0 amide bonds. The molecule has 3 rings (SSSR count). The van der Waals surface area contributed by atoms with E-state index in [1.165, 1.54) is 25.7 Å². The maximum Gasteiger partial charge on any atom is 0.417 e. The third-order valence-corrected chi connectivity index (χ3v) is 4.08. The molecule has 0 saturated heterocycles. The Bertz CT molecular complexity index is 638. The van der Waals surface area contributed by atoms with Gasteiger partial charge >= 0.3 is 5.76 Å². The van der Waals surface area contributed by atoms with Gasteiger partial charge in [-0.2, -0.15) is 0 Å². The zero-order valence-electron chi connectivity index (χ0n) is 11.0. The first-order valence-corrected chi connectivity index (χ1v) is 6.82. The van der Waals surface area contributed by atoms with Gasteiger partial charge in [-0.25, -0.2) is 4.79 Å². The van der Waals surface area contributed by atoms with Gasteiger partial charge in [0.15, 0.2) is 5.58 Å². The molecule has 1 aromatic carbocycles. The Morgan fingerprint density at radius 3 is 2.89 bits per heavy atom. The Morgan fingerprint density at radius 2 is 2.16 bits per heavy atom. The van der Waals surface area contributed by atoms with Crippen molar-refractivity contribution in [3.8, 4) is 0 Å². The van der Waals surface area contributed by atoms with Crippen molar-refractivity contribution in [2.75, 3.05) is 11.1 Å². The van der Waals surface area contributed by atoms with Crippen molar-refractivity contribution in [1.29, 1.82) is 0 Å². The van der Waals surface area contributed by atoms with Crippen molar-refractivity contribution < 1.29 is 4.42 Å². The lowest BCUT2D eigenvalue weighted by molar-refractivity contribution is 0.482. The molecule has 1 aliphatic carbocycles. The third-order valence-electron chi connectivity index (χ3n) is 4.08. The second-order valence-corrected chi connectivity index (χ2v) is 5.43. The number of aromatic nitrogens is 1. The predicted molar refractivity (Wildman–Crippen MR) is 76.3 cm³/mol. The number of H-pyrrole nitrogens is 1. The average molecular weight is 261 g/mol. The first-order chi connectivity index (χ1) is 9.13. The number of rotatable bonds is 3. The molecule has 2 aromatic rings. The van der Waals surface area contributed by atoms with E-state index in [2.05, 4.69) is 17.2 Å². The molecule has 1 aliphatic rings. The topological polar surface area (TPSA) is 84.0 Å². The smallest absolute Gasteiger partial charge is 0.408 e. The zero-order valence-corrected chi connectivity index (χ0v) is 11.0. The minimum Gasteiger partial charge on any atom is -0.408 e. The summed E-state index contributed by atoms with van der Waals surface area (Å²) in [5.74, 6) is 0.258. The van der Waals surface area contributed by atoms with E-state index in [0.717, 1.165) is 5.69 Å². The quantitative estimate of drug-likeness (QED) is 0.742. The molecule has 0 spiro atoms. The van der Waals surface area contributed by atoms with Crippen LogP contribution in [0.1, 0.15) is 32.6 Å². The number of hydrogen-bond acceptors (Lipinski definition) is 4. The number of anilines is 2. The predicted octanol–water partition coefficient (Wildman–Crippen LogP) is 2.69. The van der Waals surface area contributed by atoms with E-state index < -0.39 is 5.76 Å². The van der Waals surface area contributed by atoms with E-state index in [-0.39, 0.29) is 0 Å². The summed E-state index contributed by atoms with van der Waals surface area (Å²) < 4.78 is 4.99. The fourth-order valence-corrected chi connectivity index (χ4v) is 2.96. The van der Waals surface area contributed by atoms with Gasteiger partial charge in [0.05, 0.1) is 16.9 Å². The van der Waals surface area contributed by atoms with Crippen LogP contribution in [0.3, 0.4) is 0 Å². The van der Waals surface area contributed by atoms with Crippen LogP contribution in [0.4, 0.5) is 11.4 Å². The lowest BCUT2D eigenvalue weighted by Gasteiger charge is -2.22. The van der Waals surface area contributed by atoms with Crippen molar-refractivity contribution in [2.45, 2.75) is 38.6 Å². The minimum atomic E-state index is -0.449. The van der Waals surface area contributed by atoms with E-state index in [1.54, 1.807) is 6.07 Å². The molecule has 102 valence electrons. The van der Waals surface area contributed by atoms with Crippen molar-refractivity contribution in [2.24, 2.45) is 5.92 Å². The Balaban J connectivity index is 1.86. The van der Waals surface area contributed by atoms with Crippen molar-refractivity contribution in [3.05, 3.63) is 22.7 Å². The first-order valence-electron chi connectivity index (χ1n) is 6.82. The molecule has 1 heterocycles. The molecular weight excluding hydrogens is 242 g/mol. The highest BCUT2D eigenvalue weighted by Crippen LogP contribution is 2.31. The molecule has 19 heavy (non-hydrogen) atoms. The molecule has 1 aromatic heterocycles. The number of aromatic amines is 1. The molecule has 5 heteroatoms. The summed E-state index contributed by atoms with van der Waals surface area (Å²) in [5, 5.41) is 3.46. The Morgan fingerprint density at radius 1 is 1.42 bits per heavy atom. The van der Waals surface area contributed by atoms with E-state index in [0.29, 0.717) is 28.7 Å². The summed E-state index contributed by atoms with van der Waals surface area (Å²) in [5.41, 5.74) is 8.66. The Hall–Kier alpha value is -1.91. The number of oxazole rings is 1. The summed E-state index contributed by atoms with van der Waals surface area (Å²) in [6.07, 6.45) is 5.19. The van der Waals surface area contributed by atoms with Gasteiger partial charge in [-0.1, -0.05) is 12.8 Å². The van der Waals surface area contributed by atoms with Crippen molar-refractivity contribution in [3.63, 3.8) is 0 Å². The normalized spacial score (nSPS) is 17.9. The number of nitrogens with one attached hydrogen (secondary N) is 2. The van der Waals surface area contributed by atoms with Crippen LogP contribution >= 0.6 is 0 Å². The third kappa shape index (κ3) is 2.32. The number of hydrogen-bond donors (Lipinski definition) is 3. The average Bonchev–Trinajstić information content (AvgIpc) is 2.97. The molecule has 0 bridgehead atoms. The molecule has 1 unspecified atom stereocenters. The van der Waals surface area contributed by atoms with Crippen LogP contribution in [0.15, 0.2) is 21.3 Å². The van der Waals surface area contributed by atoms with Gasteiger partial charge in [-0.3, -0.25) is 4.98 Å². The molecule has 5 nitrogen and oxygen atoms in total. The first kappa shape index (κ1) is 12.1. The van der Waals surface area contributed by atoms with Gasteiger partial charge in [0.1, 0.15) is 0 Å². The fraction of sp³-hybridized carbons (Fsp3) is 0.500. The zero-order chi connectivity index (χ0) is 13.4. The van der Waals surface area contributed by atoms with E-state index in [1.807, 2.05) is 6.07 Å². The minimum absolute atomic E-state index is 0.390. The molecular formula is C14H19N3O2. The number of nitrogens with two attached hydrogens (primary N) is 1. The van der Waals surface area contributed by atoms with Gasteiger partial charge in [-0.05, 0) is 31.7 Å². The van der Waals surface area contributed by atoms with Gasteiger partial charge < -0.3 is 15.5 Å². The van der Waals surface area contributed by atoms with Gasteiger partial charge in [0, 0.05) is 12.1 Å². The van der Waals surface area contributed by atoms with Crippen LogP contribution in [-0.2, 0) is 0 Å². The van der Waals surface area contributed by atoms with Gasteiger partial charge in [0.2, 0.25) is 0 Å². The highest BCUT2D eigenvalue weighted by Gasteiger charge is 2.22. The van der Waals surface area contributed by atoms with Crippen LogP contribution in [-0.4, -0.2) is 11.0 Å². The molecule has 1 atom stereocenters. The highest BCUT2D eigenvalue weighted by atomic mass is 16.4. The van der Waals surface area contributed by atoms with Crippen molar-refractivity contribution in [1.82, 2.24) is 4.98 Å². The van der Waals surface area contributed by atoms with Crippen molar-refractivity contribution >= 4 is 22.5 Å². The summed E-state index contributed by atoms with van der Waals surface area (Å²) in [7, 11) is 0. The lowest BCUT2D eigenvalue weighted by atomic mass is 9.99. The van der Waals surface area contributed by atoms with Crippen LogP contribution in [0.25, 0.3) is 11.1 Å².